The van der Waals surface area contributed by atoms with E-state index in [1.807, 2.05) is 31.3 Å². The number of nitrogens with zero attached hydrogens (tertiary/aromatic N) is 3. The Morgan fingerprint density at radius 3 is 2.90 bits per heavy atom. The first-order chi connectivity index (χ1) is 10.1. The molecule has 0 N–H and O–H groups in total. The molecule has 1 spiro atoms. The van der Waals surface area contributed by atoms with E-state index < -0.39 is 0 Å². The molecule has 21 heavy (non-hydrogen) atoms. The minimum Gasteiger partial charge on any atom is -0.344 e. The topological polar surface area (TPSA) is 38.1 Å². The molecule has 3 aliphatic rings. The number of hydrogen-bond acceptors (Lipinski definition) is 2. The van der Waals surface area contributed by atoms with Crippen molar-refractivity contribution in [3.63, 3.8) is 0 Å². The first-order valence-electron chi connectivity index (χ1n) is 8.03. The zero-order valence-corrected chi connectivity index (χ0v) is 12.8. The van der Waals surface area contributed by atoms with Gasteiger partial charge in [0.15, 0.2) is 0 Å². The van der Waals surface area contributed by atoms with Crippen LogP contribution in [0.25, 0.3) is 0 Å². The highest BCUT2D eigenvalue weighted by Crippen LogP contribution is 2.70. The van der Waals surface area contributed by atoms with Crippen LogP contribution in [0.15, 0.2) is 24.5 Å². The van der Waals surface area contributed by atoms with E-state index in [2.05, 4.69) is 21.7 Å². The molecule has 2 saturated carbocycles. The van der Waals surface area contributed by atoms with Gasteiger partial charge in [-0.15, -0.1) is 0 Å². The van der Waals surface area contributed by atoms with Crippen LogP contribution in [0.2, 0.25) is 0 Å². The highest BCUT2D eigenvalue weighted by Gasteiger charge is 2.64. The second-order valence-corrected chi connectivity index (χ2v) is 7.02. The van der Waals surface area contributed by atoms with E-state index in [0.29, 0.717) is 23.2 Å². The van der Waals surface area contributed by atoms with E-state index in [1.165, 1.54) is 12.8 Å². The van der Waals surface area contributed by atoms with Crippen LogP contribution in [-0.4, -0.2) is 34.0 Å². The van der Waals surface area contributed by atoms with E-state index in [4.69, 9.17) is 0 Å². The molecule has 3 atom stereocenters. The van der Waals surface area contributed by atoms with Gasteiger partial charge >= 0.3 is 0 Å². The zero-order chi connectivity index (χ0) is 14.6. The summed E-state index contributed by atoms with van der Waals surface area (Å²) in [4.78, 5) is 18.9. The molecule has 1 heterocycles. The summed E-state index contributed by atoms with van der Waals surface area (Å²) in [6.07, 6.45) is 12.2. The average Bonchev–Trinajstić information content (AvgIpc) is 2.97. The Morgan fingerprint density at radius 2 is 2.29 bits per heavy atom. The second kappa shape index (κ2) is 4.46. The van der Waals surface area contributed by atoms with Crippen LogP contribution < -0.4 is 0 Å². The third-order valence-corrected chi connectivity index (χ3v) is 6.02. The summed E-state index contributed by atoms with van der Waals surface area (Å²) in [5.41, 5.74) is 0.502. The number of imidazole rings is 1. The lowest BCUT2D eigenvalue weighted by molar-refractivity contribution is -0.135. The normalized spacial score (nSPS) is 31.0. The van der Waals surface area contributed by atoms with Crippen molar-refractivity contribution in [2.45, 2.75) is 32.7 Å². The van der Waals surface area contributed by atoms with Crippen LogP contribution in [0.4, 0.5) is 0 Å². The molecule has 1 amide bonds. The number of allylic oxidation sites excluding steroid dienone is 2. The third-order valence-electron chi connectivity index (χ3n) is 6.02. The third kappa shape index (κ3) is 1.88. The molecule has 3 aliphatic carbocycles. The zero-order valence-electron chi connectivity index (χ0n) is 12.8. The van der Waals surface area contributed by atoms with Gasteiger partial charge in [-0.25, -0.2) is 4.98 Å². The first kappa shape index (κ1) is 13.1. The largest absolute Gasteiger partial charge is 0.344 e. The van der Waals surface area contributed by atoms with Crippen LogP contribution >= 0.6 is 0 Å². The molecule has 112 valence electrons. The molecule has 0 radical (unpaired) electrons. The number of aromatic nitrogens is 2. The summed E-state index contributed by atoms with van der Waals surface area (Å²) in [5.74, 6) is 2.79. The summed E-state index contributed by atoms with van der Waals surface area (Å²) in [5, 5.41) is 0. The van der Waals surface area contributed by atoms with Gasteiger partial charge in [0.2, 0.25) is 5.91 Å². The molecule has 1 aromatic rings. The summed E-state index contributed by atoms with van der Waals surface area (Å²) in [6, 6.07) is 0. The van der Waals surface area contributed by atoms with Crippen LogP contribution in [0.1, 0.15) is 25.1 Å². The fourth-order valence-corrected chi connectivity index (χ4v) is 4.55. The van der Waals surface area contributed by atoms with Crippen molar-refractivity contribution in [3.05, 3.63) is 30.4 Å². The number of rotatable bonds is 4. The summed E-state index contributed by atoms with van der Waals surface area (Å²) >= 11 is 0. The van der Waals surface area contributed by atoms with Gasteiger partial charge in [-0.2, -0.15) is 0 Å². The average molecular weight is 285 g/mol. The molecule has 0 unspecified atom stereocenters. The first-order valence-corrected chi connectivity index (χ1v) is 8.03. The van der Waals surface area contributed by atoms with Crippen molar-refractivity contribution < 1.29 is 4.79 Å². The van der Waals surface area contributed by atoms with E-state index in [-0.39, 0.29) is 5.92 Å². The lowest BCUT2D eigenvalue weighted by Gasteiger charge is -2.25. The predicted molar refractivity (Wildman–Crippen MR) is 80.5 cm³/mol. The number of likely N-dealkylation sites (N-methyl/N-ethyl adjacent to an activating group) is 1. The minimum atomic E-state index is 0.233. The molecule has 2 bridgehead atoms. The number of hydrogen-bond donors (Lipinski definition) is 0. The molecule has 0 aromatic carbocycles. The van der Waals surface area contributed by atoms with Gasteiger partial charge in [-0.3, -0.25) is 4.79 Å². The van der Waals surface area contributed by atoms with Crippen LogP contribution in [0, 0.1) is 30.1 Å². The lowest BCUT2D eigenvalue weighted by atomic mass is 9.88. The molecule has 0 saturated heterocycles. The number of aryl methyl sites for hydroxylation is 1. The highest BCUT2D eigenvalue weighted by molar-refractivity contribution is 5.80. The van der Waals surface area contributed by atoms with Gasteiger partial charge in [0.25, 0.3) is 0 Å². The number of amides is 1. The van der Waals surface area contributed by atoms with Crippen molar-refractivity contribution in [2.24, 2.45) is 23.2 Å². The predicted octanol–water partition coefficient (Wildman–Crippen LogP) is 2.25. The van der Waals surface area contributed by atoms with Crippen molar-refractivity contribution in [1.82, 2.24) is 14.5 Å². The number of carbonyl (C=O) groups excluding carboxylic acids is 1. The van der Waals surface area contributed by atoms with E-state index >= 15 is 0 Å². The van der Waals surface area contributed by atoms with Crippen LogP contribution in [-0.2, 0) is 11.3 Å². The van der Waals surface area contributed by atoms with Crippen LogP contribution in [0.5, 0.6) is 0 Å². The maximum Gasteiger partial charge on any atom is 0.226 e. The Hall–Kier alpha value is -1.58. The highest BCUT2D eigenvalue weighted by atomic mass is 16.2. The SMILES string of the molecule is Cc1nccn1CCN(C)C(=O)[C@@H]1C[C@H]2C=C[C@H]1C21CC1. The summed E-state index contributed by atoms with van der Waals surface area (Å²) in [6.45, 7) is 3.59. The maximum atomic E-state index is 12.8. The van der Waals surface area contributed by atoms with Crippen molar-refractivity contribution in [2.75, 3.05) is 13.6 Å². The summed E-state index contributed by atoms with van der Waals surface area (Å²) < 4.78 is 2.10. The summed E-state index contributed by atoms with van der Waals surface area (Å²) in [7, 11) is 1.95. The monoisotopic (exact) mass is 285 g/mol. The standard InChI is InChI=1S/C17H23N3O/c1-12-18-7-8-20(12)10-9-19(2)16(21)14-11-13-3-4-15(14)17(13)5-6-17/h3-4,7-8,13-15H,5-6,9-11H2,1-2H3/t13-,14-,15-/m1/s1. The molecule has 1 aromatic heterocycles. The Balaban J connectivity index is 1.39. The maximum absolute atomic E-state index is 12.8. The van der Waals surface area contributed by atoms with Gasteiger partial charge in [-0.1, -0.05) is 12.2 Å². The molecule has 4 heteroatoms. The van der Waals surface area contributed by atoms with E-state index in [1.54, 1.807) is 0 Å². The van der Waals surface area contributed by atoms with E-state index in [9.17, 15) is 4.79 Å². The molecular weight excluding hydrogens is 262 g/mol. The smallest absolute Gasteiger partial charge is 0.226 e. The molecular formula is C17H23N3O. The van der Waals surface area contributed by atoms with Gasteiger partial charge in [0, 0.05) is 38.4 Å². The van der Waals surface area contributed by atoms with Gasteiger partial charge in [0.1, 0.15) is 5.82 Å². The molecule has 2 fully saturated rings. The van der Waals surface area contributed by atoms with Crippen molar-refractivity contribution >= 4 is 5.91 Å². The van der Waals surface area contributed by atoms with Gasteiger partial charge in [0.05, 0.1) is 0 Å². The van der Waals surface area contributed by atoms with Crippen molar-refractivity contribution in [3.8, 4) is 0 Å². The second-order valence-electron chi connectivity index (χ2n) is 7.02. The van der Waals surface area contributed by atoms with Crippen molar-refractivity contribution in [1.29, 1.82) is 0 Å². The van der Waals surface area contributed by atoms with E-state index in [0.717, 1.165) is 25.3 Å². The Labute approximate surface area is 125 Å². The van der Waals surface area contributed by atoms with Gasteiger partial charge in [-0.05, 0) is 43.4 Å². The quantitative estimate of drug-likeness (QED) is 0.796. The minimum absolute atomic E-state index is 0.233. The van der Waals surface area contributed by atoms with Crippen LogP contribution in [0.3, 0.4) is 0 Å². The Morgan fingerprint density at radius 1 is 1.48 bits per heavy atom. The van der Waals surface area contributed by atoms with Gasteiger partial charge < -0.3 is 9.47 Å². The fourth-order valence-electron chi connectivity index (χ4n) is 4.55. The molecule has 0 aliphatic heterocycles. The lowest BCUT2D eigenvalue weighted by Crippen LogP contribution is -2.37. The molecule has 4 nitrogen and oxygen atoms in total. The fraction of sp³-hybridized carbons (Fsp3) is 0.647. The Kier molecular flexibility index (Phi) is 2.78. The molecule has 4 rings (SSSR count). The Bertz CT molecular complexity index is 599. The number of carbonyl (C=O) groups is 1.